The van der Waals surface area contributed by atoms with E-state index in [0.29, 0.717) is 17.8 Å². The lowest BCUT2D eigenvalue weighted by atomic mass is 10.1. The molecule has 6 nitrogen and oxygen atoms in total. The molecule has 2 aliphatic heterocycles. The van der Waals surface area contributed by atoms with Crippen LogP contribution in [0.15, 0.2) is 35.5 Å². The molecule has 1 N–H and O–H groups in total. The molecule has 2 heterocycles. The molecule has 0 aromatic heterocycles. The van der Waals surface area contributed by atoms with E-state index in [9.17, 15) is 4.39 Å². The number of hydrogen-bond donors (Lipinski definition) is 1. The van der Waals surface area contributed by atoms with Crippen LogP contribution in [0.1, 0.15) is 26.7 Å². The smallest absolute Gasteiger partial charge is 0.165 e. The van der Waals surface area contributed by atoms with Gasteiger partial charge in [0, 0.05) is 38.9 Å². The molecule has 168 valence electrons. The van der Waals surface area contributed by atoms with E-state index in [1.807, 2.05) is 6.92 Å². The minimum atomic E-state index is -0.433. The number of alkyl halides is 1. The Kier molecular flexibility index (Phi) is 8.77. The maximum Gasteiger partial charge on any atom is 0.165 e. The molecule has 0 amide bonds. The molecule has 2 fully saturated rings. The lowest BCUT2D eigenvalue weighted by Gasteiger charge is -2.45. The largest absolute Gasteiger partial charge is 0.377 e. The summed E-state index contributed by atoms with van der Waals surface area (Å²) < 4.78 is 19.5. The van der Waals surface area contributed by atoms with Crippen molar-refractivity contribution in [2.45, 2.75) is 38.8 Å². The summed E-state index contributed by atoms with van der Waals surface area (Å²) in [5.74, 6) is 0. The van der Waals surface area contributed by atoms with E-state index >= 15 is 0 Å². The number of allylic oxidation sites excluding steroid dienone is 3. The standard InChI is InChI=1S/C23H38FN4O2/c1-3-26-17-22(15-24)30-28(19-26)13-6-11-27(12-14-28)23(16-25)21-8-5-7-20(9-10-21)18-29-4-2/h5,8-10,16,22-23,25H,3-4,6-7,11-15,17-19H2,1-2H3/q+1. The van der Waals surface area contributed by atoms with Gasteiger partial charge in [0.15, 0.2) is 12.8 Å². The number of nitrogens with one attached hydrogen (secondary N) is 1. The molecule has 1 aliphatic carbocycles. The zero-order valence-corrected chi connectivity index (χ0v) is 18.6. The summed E-state index contributed by atoms with van der Waals surface area (Å²) in [7, 11) is 0. The molecule has 3 atom stereocenters. The van der Waals surface area contributed by atoms with Crippen molar-refractivity contribution in [1.29, 1.82) is 5.41 Å². The van der Waals surface area contributed by atoms with Gasteiger partial charge in [-0.15, -0.1) is 0 Å². The zero-order valence-electron chi connectivity index (χ0n) is 18.6. The Hall–Kier alpha value is -1.38. The van der Waals surface area contributed by atoms with Crippen molar-refractivity contribution in [3.8, 4) is 0 Å². The quantitative estimate of drug-likeness (QED) is 0.484. The van der Waals surface area contributed by atoms with Gasteiger partial charge in [-0.3, -0.25) is 9.80 Å². The Morgan fingerprint density at radius 3 is 2.93 bits per heavy atom. The highest BCUT2D eigenvalue weighted by Gasteiger charge is 2.42. The molecular formula is C23H38FN4O2+. The van der Waals surface area contributed by atoms with Crippen LogP contribution in [0.3, 0.4) is 0 Å². The van der Waals surface area contributed by atoms with Crippen molar-refractivity contribution in [1.82, 2.24) is 9.80 Å². The molecule has 3 aliphatic rings. The molecular weight excluding hydrogens is 383 g/mol. The Labute approximate surface area is 180 Å². The molecule has 3 unspecified atom stereocenters. The second-order valence-corrected chi connectivity index (χ2v) is 8.43. The predicted octanol–water partition coefficient (Wildman–Crippen LogP) is 2.94. The van der Waals surface area contributed by atoms with Crippen LogP contribution in [0.4, 0.5) is 4.39 Å². The third-order valence-corrected chi connectivity index (χ3v) is 6.30. The number of hydrogen-bond acceptors (Lipinski definition) is 5. The Morgan fingerprint density at radius 1 is 1.33 bits per heavy atom. The summed E-state index contributed by atoms with van der Waals surface area (Å²) in [6.45, 7) is 10.9. The van der Waals surface area contributed by atoms with E-state index in [4.69, 9.17) is 15.0 Å². The topological polar surface area (TPSA) is 48.8 Å². The van der Waals surface area contributed by atoms with Crippen molar-refractivity contribution in [2.75, 3.05) is 65.8 Å². The first kappa shape index (κ1) is 23.3. The second kappa shape index (κ2) is 11.3. The highest BCUT2D eigenvalue weighted by molar-refractivity contribution is 5.68. The van der Waals surface area contributed by atoms with Crippen LogP contribution in [-0.2, 0) is 9.57 Å². The van der Waals surface area contributed by atoms with E-state index in [1.165, 1.54) is 5.57 Å². The van der Waals surface area contributed by atoms with E-state index in [2.05, 4.69) is 41.0 Å². The molecule has 30 heavy (non-hydrogen) atoms. The molecule has 1 spiro atoms. The Balaban J connectivity index is 1.69. The average molecular weight is 422 g/mol. The van der Waals surface area contributed by atoms with Gasteiger partial charge in [0.05, 0.1) is 19.2 Å². The van der Waals surface area contributed by atoms with Gasteiger partial charge < -0.3 is 10.1 Å². The van der Waals surface area contributed by atoms with Gasteiger partial charge in [-0.2, -0.15) is 9.48 Å². The van der Waals surface area contributed by atoms with Crippen LogP contribution in [0.5, 0.6) is 0 Å². The summed E-state index contributed by atoms with van der Waals surface area (Å²) in [6.07, 6.45) is 11.7. The van der Waals surface area contributed by atoms with Gasteiger partial charge in [-0.05, 0) is 24.5 Å². The third kappa shape index (κ3) is 5.86. The minimum absolute atomic E-state index is 0.0499. The molecule has 7 heteroatoms. The molecule has 2 saturated heterocycles. The van der Waals surface area contributed by atoms with Gasteiger partial charge >= 0.3 is 0 Å². The maximum atomic E-state index is 13.4. The van der Waals surface area contributed by atoms with Gasteiger partial charge in [-0.1, -0.05) is 31.2 Å². The van der Waals surface area contributed by atoms with Gasteiger partial charge in [0.25, 0.3) is 0 Å². The van der Waals surface area contributed by atoms with Gasteiger partial charge in [0.1, 0.15) is 19.8 Å². The average Bonchev–Trinajstić information content (AvgIpc) is 3.12. The van der Waals surface area contributed by atoms with Crippen molar-refractivity contribution in [2.24, 2.45) is 0 Å². The number of likely N-dealkylation sites (N-methyl/N-ethyl adjacent to an activating group) is 1. The summed E-state index contributed by atoms with van der Waals surface area (Å²) in [6, 6.07) is -0.0499. The van der Waals surface area contributed by atoms with Crippen LogP contribution in [0, 0.1) is 5.41 Å². The summed E-state index contributed by atoms with van der Waals surface area (Å²) in [5, 5.41) is 8.12. The molecule has 0 bridgehead atoms. The normalized spacial score (nSPS) is 29.8. The van der Waals surface area contributed by atoms with Crippen molar-refractivity contribution in [3.05, 3.63) is 35.5 Å². The van der Waals surface area contributed by atoms with Gasteiger partial charge in [0.2, 0.25) is 0 Å². The first-order chi connectivity index (χ1) is 14.6. The number of nitrogens with zero attached hydrogens (tertiary/aromatic N) is 3. The van der Waals surface area contributed by atoms with Crippen molar-refractivity contribution >= 4 is 6.21 Å². The lowest BCUT2D eigenvalue weighted by Crippen LogP contribution is -2.63. The molecule has 0 radical (unpaired) electrons. The summed E-state index contributed by atoms with van der Waals surface area (Å²) >= 11 is 0. The van der Waals surface area contributed by atoms with Crippen LogP contribution in [-0.4, -0.2) is 98.6 Å². The number of ether oxygens (including phenoxy) is 1. The molecule has 0 aromatic rings. The molecule has 0 saturated carbocycles. The second-order valence-electron chi connectivity index (χ2n) is 8.43. The maximum absolute atomic E-state index is 13.4. The fourth-order valence-electron chi connectivity index (χ4n) is 4.65. The highest BCUT2D eigenvalue weighted by atomic mass is 19.1. The first-order valence-corrected chi connectivity index (χ1v) is 11.3. The molecule has 0 aromatic carbocycles. The third-order valence-electron chi connectivity index (χ3n) is 6.30. The van der Waals surface area contributed by atoms with E-state index in [-0.39, 0.29) is 12.1 Å². The number of rotatable bonds is 8. The minimum Gasteiger partial charge on any atom is -0.377 e. The first-order valence-electron chi connectivity index (χ1n) is 11.3. The number of halogens is 1. The van der Waals surface area contributed by atoms with Crippen LogP contribution >= 0.6 is 0 Å². The number of quaternary nitrogens is 1. The summed E-state index contributed by atoms with van der Waals surface area (Å²) in [5.41, 5.74) is 2.40. The predicted molar refractivity (Wildman–Crippen MR) is 118 cm³/mol. The number of hydroxylamine groups is 3. The zero-order chi connectivity index (χ0) is 21.4. The molecule has 3 rings (SSSR count). The SMILES string of the molecule is CCOCC1=CC=C(C(C=N)N2CCC[N+]3(CC2)CN(CC)CC(CF)O3)C=CC1. The van der Waals surface area contributed by atoms with Crippen LogP contribution in [0.25, 0.3) is 0 Å². The van der Waals surface area contributed by atoms with E-state index < -0.39 is 6.67 Å². The Bertz CT molecular complexity index is 652. The van der Waals surface area contributed by atoms with E-state index in [0.717, 1.165) is 64.4 Å². The summed E-state index contributed by atoms with van der Waals surface area (Å²) in [4.78, 5) is 10.9. The lowest BCUT2D eigenvalue weighted by molar-refractivity contribution is -1.12. The fourth-order valence-corrected chi connectivity index (χ4v) is 4.65. The van der Waals surface area contributed by atoms with Gasteiger partial charge in [-0.25, -0.2) is 4.39 Å². The van der Waals surface area contributed by atoms with Crippen molar-refractivity contribution in [3.63, 3.8) is 0 Å². The Morgan fingerprint density at radius 2 is 2.20 bits per heavy atom. The van der Waals surface area contributed by atoms with Crippen LogP contribution < -0.4 is 0 Å². The highest BCUT2D eigenvalue weighted by Crippen LogP contribution is 2.25. The fraction of sp³-hybridized carbons (Fsp3) is 0.696. The monoisotopic (exact) mass is 421 g/mol. The van der Waals surface area contributed by atoms with Crippen molar-refractivity contribution < 1.29 is 18.6 Å². The van der Waals surface area contributed by atoms with Crippen LogP contribution in [0.2, 0.25) is 0 Å². The van der Waals surface area contributed by atoms with E-state index in [1.54, 1.807) is 6.21 Å².